The first kappa shape index (κ1) is 16.1. The molecule has 3 aromatic carbocycles. The van der Waals surface area contributed by atoms with Crippen molar-refractivity contribution in [2.75, 3.05) is 0 Å². The number of ketones is 1. The van der Waals surface area contributed by atoms with E-state index in [2.05, 4.69) is 66.7 Å². The first-order chi connectivity index (χ1) is 12.0. The Morgan fingerprint density at radius 2 is 1.32 bits per heavy atom. The van der Waals surface area contributed by atoms with Crippen LogP contribution >= 0.6 is 0 Å². The molecule has 0 unspecified atom stereocenters. The molecule has 1 aliphatic rings. The van der Waals surface area contributed by atoms with Crippen LogP contribution in [0.5, 0.6) is 0 Å². The number of fused-ring (bicyclic) bond motifs is 1. The van der Waals surface area contributed by atoms with E-state index in [0.717, 1.165) is 0 Å². The molecule has 1 fully saturated rings. The van der Waals surface area contributed by atoms with Crippen molar-refractivity contribution in [1.82, 2.24) is 0 Å². The van der Waals surface area contributed by atoms with Crippen LogP contribution in [0.1, 0.15) is 43.7 Å². The van der Waals surface area contributed by atoms with Crippen LogP contribution in [-0.4, -0.2) is 5.78 Å². The molecule has 0 aromatic heterocycles. The highest BCUT2D eigenvalue weighted by atomic mass is 16.1. The maximum Gasteiger partial charge on any atom is 0.142 e. The Morgan fingerprint density at radius 1 is 0.720 bits per heavy atom. The van der Waals surface area contributed by atoms with Crippen LogP contribution in [0.3, 0.4) is 0 Å². The number of carbonyl (C=O) groups excluding carboxylic acids is 1. The second-order valence-corrected chi connectivity index (χ2v) is 8.21. The van der Waals surface area contributed by atoms with E-state index in [9.17, 15) is 4.79 Å². The number of benzene rings is 3. The van der Waals surface area contributed by atoms with Gasteiger partial charge < -0.3 is 0 Å². The van der Waals surface area contributed by atoms with Gasteiger partial charge in [0.25, 0.3) is 0 Å². The minimum atomic E-state index is -0.302. The van der Waals surface area contributed by atoms with Crippen molar-refractivity contribution in [3.63, 3.8) is 0 Å². The average molecular weight is 328 g/mol. The van der Waals surface area contributed by atoms with Gasteiger partial charge in [0.1, 0.15) is 5.78 Å². The van der Waals surface area contributed by atoms with E-state index in [1.807, 2.05) is 26.8 Å². The lowest BCUT2D eigenvalue weighted by Crippen LogP contribution is -2.23. The van der Waals surface area contributed by atoms with Gasteiger partial charge in [-0.25, -0.2) is 0 Å². The molecule has 0 amide bonds. The molecule has 3 aromatic rings. The van der Waals surface area contributed by atoms with E-state index in [-0.39, 0.29) is 11.3 Å². The van der Waals surface area contributed by atoms with Gasteiger partial charge in [0.05, 0.1) is 0 Å². The molecule has 1 heteroatoms. The largest absolute Gasteiger partial charge is 0.299 e. The molecular weight excluding hydrogens is 304 g/mol. The summed E-state index contributed by atoms with van der Waals surface area (Å²) in [4.78, 5) is 13.1. The summed E-state index contributed by atoms with van der Waals surface area (Å²) in [6, 6.07) is 25.6. The zero-order chi connectivity index (χ0) is 17.6. The number of rotatable bonds is 3. The minimum Gasteiger partial charge on any atom is -0.299 e. The van der Waals surface area contributed by atoms with Crippen LogP contribution in [0.15, 0.2) is 72.8 Å². The molecule has 0 aliphatic heterocycles. The number of hydrogen-bond donors (Lipinski definition) is 0. The second kappa shape index (κ2) is 5.84. The van der Waals surface area contributed by atoms with Crippen LogP contribution in [0.4, 0.5) is 0 Å². The zero-order valence-corrected chi connectivity index (χ0v) is 15.1. The minimum absolute atomic E-state index is 0.0866. The predicted molar refractivity (Wildman–Crippen MR) is 104 cm³/mol. The van der Waals surface area contributed by atoms with Crippen LogP contribution in [-0.2, 0) is 4.79 Å². The lowest BCUT2D eigenvalue weighted by molar-refractivity contribution is -0.127. The molecule has 3 atom stereocenters. The summed E-state index contributed by atoms with van der Waals surface area (Å²) in [5.74, 6) is 1.05. The molecule has 0 bridgehead atoms. The molecule has 1 nitrogen and oxygen atoms in total. The van der Waals surface area contributed by atoms with Crippen LogP contribution in [0, 0.1) is 11.3 Å². The van der Waals surface area contributed by atoms with E-state index < -0.39 is 0 Å². The topological polar surface area (TPSA) is 17.1 Å². The SMILES string of the molecule is CC(C)(C)C(=O)[C@@H]1[C@@H](c2ccccc2)[C@H]1c1ccc2ccccc2c1. The Morgan fingerprint density at radius 3 is 2.00 bits per heavy atom. The van der Waals surface area contributed by atoms with Crippen molar-refractivity contribution in [2.45, 2.75) is 32.6 Å². The van der Waals surface area contributed by atoms with Crippen LogP contribution in [0.2, 0.25) is 0 Å². The lowest BCUT2D eigenvalue weighted by atomic mass is 9.86. The summed E-state index contributed by atoms with van der Waals surface area (Å²) in [6.07, 6.45) is 0. The maximum absolute atomic E-state index is 13.1. The van der Waals surface area contributed by atoms with E-state index in [0.29, 0.717) is 17.6 Å². The van der Waals surface area contributed by atoms with E-state index in [1.165, 1.54) is 21.9 Å². The fraction of sp³-hybridized carbons (Fsp3) is 0.292. The molecule has 0 N–H and O–H groups in total. The smallest absolute Gasteiger partial charge is 0.142 e. The molecule has 0 heterocycles. The Labute approximate surface area is 149 Å². The van der Waals surface area contributed by atoms with E-state index >= 15 is 0 Å². The third kappa shape index (κ3) is 2.89. The Balaban J connectivity index is 1.75. The zero-order valence-electron chi connectivity index (χ0n) is 15.1. The van der Waals surface area contributed by atoms with Crippen LogP contribution in [0.25, 0.3) is 10.8 Å². The first-order valence-corrected chi connectivity index (χ1v) is 9.05. The van der Waals surface area contributed by atoms with Gasteiger partial charge in [-0.3, -0.25) is 4.79 Å². The normalized spacial score (nSPS) is 22.8. The first-order valence-electron chi connectivity index (χ1n) is 9.05. The molecule has 25 heavy (non-hydrogen) atoms. The Kier molecular flexibility index (Phi) is 3.76. The quantitative estimate of drug-likeness (QED) is 0.580. The molecule has 4 rings (SSSR count). The van der Waals surface area contributed by atoms with E-state index in [1.54, 1.807) is 0 Å². The fourth-order valence-electron chi connectivity index (χ4n) is 4.06. The van der Waals surface area contributed by atoms with Gasteiger partial charge in [-0.15, -0.1) is 0 Å². The van der Waals surface area contributed by atoms with Crippen molar-refractivity contribution in [2.24, 2.45) is 11.3 Å². The van der Waals surface area contributed by atoms with Crippen molar-refractivity contribution in [1.29, 1.82) is 0 Å². The van der Waals surface area contributed by atoms with Crippen molar-refractivity contribution >= 4 is 16.6 Å². The summed E-state index contributed by atoms with van der Waals surface area (Å²) in [5.41, 5.74) is 2.27. The summed E-state index contributed by atoms with van der Waals surface area (Å²) in [7, 11) is 0. The van der Waals surface area contributed by atoms with Crippen LogP contribution < -0.4 is 0 Å². The van der Waals surface area contributed by atoms with Crippen molar-refractivity contribution in [3.8, 4) is 0 Å². The number of carbonyl (C=O) groups is 1. The molecule has 0 saturated heterocycles. The van der Waals surface area contributed by atoms with Gasteiger partial charge in [-0.2, -0.15) is 0 Å². The molecule has 1 aliphatic carbocycles. The summed E-state index contributed by atoms with van der Waals surface area (Å²) in [6.45, 7) is 6.10. The standard InChI is InChI=1S/C24H24O/c1-24(2,3)23(25)22-20(17-10-5-4-6-11-17)21(22)19-14-13-16-9-7-8-12-18(16)15-19/h4-15,20-22H,1-3H3/t20-,21+,22+/m0/s1. The molecule has 0 radical (unpaired) electrons. The molecular formula is C24H24O. The molecule has 0 spiro atoms. The van der Waals surface area contributed by atoms with Gasteiger partial charge in [-0.05, 0) is 21.9 Å². The monoisotopic (exact) mass is 328 g/mol. The highest BCUT2D eigenvalue weighted by Crippen LogP contribution is 2.62. The molecule has 126 valence electrons. The van der Waals surface area contributed by atoms with Crippen molar-refractivity contribution in [3.05, 3.63) is 83.9 Å². The third-order valence-electron chi connectivity index (χ3n) is 5.40. The maximum atomic E-state index is 13.1. The van der Waals surface area contributed by atoms with Gasteiger partial charge >= 0.3 is 0 Å². The second-order valence-electron chi connectivity index (χ2n) is 8.21. The van der Waals surface area contributed by atoms with Gasteiger partial charge in [0.15, 0.2) is 0 Å². The average Bonchev–Trinajstić information content (AvgIpc) is 3.36. The lowest BCUT2D eigenvalue weighted by Gasteiger charge is -2.16. The summed E-state index contributed by atoms with van der Waals surface area (Å²) in [5, 5.41) is 2.50. The highest BCUT2D eigenvalue weighted by molar-refractivity contribution is 5.92. The number of Topliss-reactive ketones (excluding diaryl/α,β-unsaturated/α-hetero) is 1. The fourth-order valence-corrected chi connectivity index (χ4v) is 4.06. The highest BCUT2D eigenvalue weighted by Gasteiger charge is 2.57. The predicted octanol–water partition coefficient (Wildman–Crippen LogP) is 5.95. The van der Waals surface area contributed by atoms with Gasteiger partial charge in [0, 0.05) is 23.2 Å². The Hall–Kier alpha value is -2.41. The van der Waals surface area contributed by atoms with Crippen molar-refractivity contribution < 1.29 is 4.79 Å². The Bertz CT molecular complexity index is 917. The van der Waals surface area contributed by atoms with E-state index in [4.69, 9.17) is 0 Å². The third-order valence-corrected chi connectivity index (χ3v) is 5.40. The summed E-state index contributed by atoms with van der Waals surface area (Å²) < 4.78 is 0. The number of hydrogen-bond acceptors (Lipinski definition) is 1. The van der Waals surface area contributed by atoms with Gasteiger partial charge in [-0.1, -0.05) is 93.6 Å². The summed E-state index contributed by atoms with van der Waals surface area (Å²) >= 11 is 0. The molecule has 1 saturated carbocycles. The van der Waals surface area contributed by atoms with Gasteiger partial charge in [0.2, 0.25) is 0 Å².